The van der Waals surface area contributed by atoms with Crippen LogP contribution in [0.1, 0.15) is 32.3 Å². The van der Waals surface area contributed by atoms with E-state index in [1.165, 1.54) is 0 Å². The number of anilines is 1. The van der Waals surface area contributed by atoms with Gasteiger partial charge in [-0.1, -0.05) is 44.2 Å². The molecule has 2 rings (SSSR count). The highest BCUT2D eigenvalue weighted by atomic mass is 16.5. The molecule has 0 aliphatic heterocycles. The Labute approximate surface area is 150 Å². The number of nitrogens with one attached hydrogen (secondary N) is 2. The van der Waals surface area contributed by atoms with Crippen LogP contribution in [0.15, 0.2) is 54.6 Å². The Bertz CT molecular complexity index is 624. The first-order valence-electron chi connectivity index (χ1n) is 8.91. The van der Waals surface area contributed by atoms with E-state index in [2.05, 4.69) is 24.5 Å². The van der Waals surface area contributed by atoms with Crippen LogP contribution in [0.3, 0.4) is 0 Å². The molecule has 134 valence electrons. The molecule has 0 atom stereocenters. The molecule has 0 saturated heterocycles. The summed E-state index contributed by atoms with van der Waals surface area (Å²) in [6.07, 6.45) is 1.49. The van der Waals surface area contributed by atoms with Gasteiger partial charge < -0.3 is 15.4 Å². The van der Waals surface area contributed by atoms with Crippen molar-refractivity contribution in [3.05, 3.63) is 60.2 Å². The summed E-state index contributed by atoms with van der Waals surface area (Å²) >= 11 is 0. The molecule has 0 spiro atoms. The van der Waals surface area contributed by atoms with E-state index in [4.69, 9.17) is 4.74 Å². The van der Waals surface area contributed by atoms with E-state index in [-0.39, 0.29) is 5.91 Å². The molecule has 0 aliphatic rings. The summed E-state index contributed by atoms with van der Waals surface area (Å²) in [7, 11) is 0. The molecule has 4 heteroatoms. The Morgan fingerprint density at radius 2 is 1.72 bits per heavy atom. The monoisotopic (exact) mass is 340 g/mol. The van der Waals surface area contributed by atoms with Crippen LogP contribution in [0.2, 0.25) is 0 Å². The molecule has 25 heavy (non-hydrogen) atoms. The third-order valence-electron chi connectivity index (χ3n) is 3.83. The number of carbonyl (C=O) groups is 1. The van der Waals surface area contributed by atoms with Crippen LogP contribution in [0, 0.1) is 5.92 Å². The van der Waals surface area contributed by atoms with Crippen LogP contribution in [-0.2, 0) is 11.4 Å². The Hall–Kier alpha value is -2.49. The average Bonchev–Trinajstić information content (AvgIpc) is 2.61. The van der Waals surface area contributed by atoms with Gasteiger partial charge in [0.05, 0.1) is 0 Å². The second-order valence-corrected chi connectivity index (χ2v) is 6.51. The van der Waals surface area contributed by atoms with E-state index >= 15 is 0 Å². The Kier molecular flexibility index (Phi) is 7.83. The lowest BCUT2D eigenvalue weighted by Crippen LogP contribution is -2.27. The first-order chi connectivity index (χ1) is 12.1. The van der Waals surface area contributed by atoms with Gasteiger partial charge in [0.15, 0.2) is 0 Å². The van der Waals surface area contributed by atoms with Gasteiger partial charge in [-0.2, -0.15) is 0 Å². The van der Waals surface area contributed by atoms with Crippen molar-refractivity contribution in [1.29, 1.82) is 0 Å². The molecule has 2 aromatic rings. The molecule has 0 aliphatic carbocycles. The van der Waals surface area contributed by atoms with E-state index < -0.39 is 0 Å². The second kappa shape index (κ2) is 10.4. The van der Waals surface area contributed by atoms with Crippen LogP contribution < -0.4 is 15.4 Å². The summed E-state index contributed by atoms with van der Waals surface area (Å²) in [5.41, 5.74) is 2.13. The van der Waals surface area contributed by atoms with Crippen LogP contribution >= 0.6 is 0 Å². The standard InChI is InChI=1S/C21H28N2O2/c1-17(2)12-14-23-21(24)13-15-22-19-8-10-20(11-9-19)25-16-18-6-4-3-5-7-18/h3-11,17,22H,12-16H2,1-2H3,(H,23,24). The second-order valence-electron chi connectivity index (χ2n) is 6.51. The van der Waals surface area contributed by atoms with E-state index in [0.717, 1.165) is 30.0 Å². The summed E-state index contributed by atoms with van der Waals surface area (Å²) in [5.74, 6) is 1.54. The predicted molar refractivity (Wildman–Crippen MR) is 103 cm³/mol. The number of hydrogen-bond acceptors (Lipinski definition) is 3. The van der Waals surface area contributed by atoms with Gasteiger partial charge in [-0.15, -0.1) is 0 Å². The number of amides is 1. The largest absolute Gasteiger partial charge is 0.489 e. The molecule has 0 heterocycles. The zero-order chi connectivity index (χ0) is 17.9. The van der Waals surface area contributed by atoms with Gasteiger partial charge >= 0.3 is 0 Å². The maximum atomic E-state index is 11.7. The molecule has 2 aromatic carbocycles. The van der Waals surface area contributed by atoms with E-state index in [1.807, 2.05) is 54.6 Å². The fourth-order valence-corrected chi connectivity index (χ4v) is 2.32. The molecule has 4 nitrogen and oxygen atoms in total. The average molecular weight is 340 g/mol. The van der Waals surface area contributed by atoms with Gasteiger partial charge in [0.25, 0.3) is 0 Å². The van der Waals surface area contributed by atoms with Crippen molar-refractivity contribution in [3.63, 3.8) is 0 Å². The first-order valence-corrected chi connectivity index (χ1v) is 8.91. The zero-order valence-electron chi connectivity index (χ0n) is 15.1. The van der Waals surface area contributed by atoms with Gasteiger partial charge in [0.1, 0.15) is 12.4 Å². The zero-order valence-corrected chi connectivity index (χ0v) is 15.1. The topological polar surface area (TPSA) is 50.4 Å². The SMILES string of the molecule is CC(C)CCNC(=O)CCNc1ccc(OCc2ccccc2)cc1. The van der Waals surface area contributed by atoms with E-state index in [0.29, 0.717) is 25.5 Å². The van der Waals surface area contributed by atoms with Crippen molar-refractivity contribution in [2.45, 2.75) is 33.3 Å². The number of rotatable bonds is 10. The van der Waals surface area contributed by atoms with Crippen molar-refractivity contribution in [2.75, 3.05) is 18.4 Å². The van der Waals surface area contributed by atoms with Crippen LogP contribution in [0.4, 0.5) is 5.69 Å². The number of carbonyl (C=O) groups excluding carboxylic acids is 1. The van der Waals surface area contributed by atoms with Crippen molar-refractivity contribution in [1.82, 2.24) is 5.32 Å². The molecular formula is C21H28N2O2. The van der Waals surface area contributed by atoms with Crippen molar-refractivity contribution >= 4 is 11.6 Å². The fourth-order valence-electron chi connectivity index (χ4n) is 2.32. The van der Waals surface area contributed by atoms with Gasteiger partial charge in [-0.3, -0.25) is 4.79 Å². The van der Waals surface area contributed by atoms with E-state index in [9.17, 15) is 4.79 Å². The summed E-state index contributed by atoms with van der Waals surface area (Å²) < 4.78 is 5.76. The molecule has 0 unspecified atom stereocenters. The van der Waals surface area contributed by atoms with Gasteiger partial charge in [-0.25, -0.2) is 0 Å². The van der Waals surface area contributed by atoms with Crippen LogP contribution in [0.25, 0.3) is 0 Å². The van der Waals surface area contributed by atoms with Gasteiger partial charge in [0, 0.05) is 25.2 Å². The highest BCUT2D eigenvalue weighted by Crippen LogP contribution is 2.17. The van der Waals surface area contributed by atoms with E-state index in [1.54, 1.807) is 0 Å². The fraction of sp³-hybridized carbons (Fsp3) is 0.381. The lowest BCUT2D eigenvalue weighted by atomic mass is 10.1. The Balaban J connectivity index is 1.65. The minimum absolute atomic E-state index is 0.0935. The smallest absolute Gasteiger partial charge is 0.221 e. The van der Waals surface area contributed by atoms with Crippen LogP contribution in [-0.4, -0.2) is 19.0 Å². The highest BCUT2D eigenvalue weighted by Gasteiger charge is 2.02. The number of ether oxygens (including phenoxy) is 1. The molecule has 0 saturated carbocycles. The Morgan fingerprint density at radius 1 is 1.00 bits per heavy atom. The van der Waals surface area contributed by atoms with Crippen molar-refractivity contribution in [3.8, 4) is 5.75 Å². The normalized spacial score (nSPS) is 10.5. The molecule has 0 fully saturated rings. The number of benzene rings is 2. The maximum Gasteiger partial charge on any atom is 0.221 e. The third kappa shape index (κ3) is 7.75. The quantitative estimate of drug-likeness (QED) is 0.680. The summed E-state index contributed by atoms with van der Waals surface area (Å²) in [5, 5.41) is 6.20. The summed E-state index contributed by atoms with van der Waals surface area (Å²) in [4.78, 5) is 11.7. The molecule has 1 amide bonds. The number of hydrogen-bond donors (Lipinski definition) is 2. The summed E-state index contributed by atoms with van der Waals surface area (Å²) in [6.45, 7) is 6.24. The highest BCUT2D eigenvalue weighted by molar-refractivity contribution is 5.76. The molecule has 0 radical (unpaired) electrons. The van der Waals surface area contributed by atoms with Crippen molar-refractivity contribution < 1.29 is 9.53 Å². The third-order valence-corrected chi connectivity index (χ3v) is 3.83. The van der Waals surface area contributed by atoms with Gasteiger partial charge in [-0.05, 0) is 42.2 Å². The minimum Gasteiger partial charge on any atom is -0.489 e. The maximum absolute atomic E-state index is 11.7. The first kappa shape index (κ1) is 18.8. The van der Waals surface area contributed by atoms with Crippen LogP contribution in [0.5, 0.6) is 5.75 Å². The van der Waals surface area contributed by atoms with Gasteiger partial charge in [0.2, 0.25) is 5.91 Å². The molecular weight excluding hydrogens is 312 g/mol. The molecule has 0 aromatic heterocycles. The molecule has 2 N–H and O–H groups in total. The minimum atomic E-state index is 0.0935. The predicted octanol–water partition coefficient (Wildman–Crippen LogP) is 4.23. The lowest BCUT2D eigenvalue weighted by Gasteiger charge is -2.10. The molecule has 0 bridgehead atoms. The summed E-state index contributed by atoms with van der Waals surface area (Å²) in [6, 6.07) is 17.9. The Morgan fingerprint density at radius 3 is 2.40 bits per heavy atom. The van der Waals surface area contributed by atoms with Crippen molar-refractivity contribution in [2.24, 2.45) is 5.92 Å². The lowest BCUT2D eigenvalue weighted by molar-refractivity contribution is -0.120.